The lowest BCUT2D eigenvalue weighted by molar-refractivity contribution is -0.130. The van der Waals surface area contributed by atoms with E-state index in [1.165, 1.54) is 19.3 Å². The fourth-order valence-corrected chi connectivity index (χ4v) is 3.67. The van der Waals surface area contributed by atoms with Gasteiger partial charge in [-0.15, -0.1) is 0 Å². The lowest BCUT2D eigenvalue weighted by Crippen LogP contribution is -2.46. The van der Waals surface area contributed by atoms with E-state index in [1.807, 2.05) is 16.7 Å². The van der Waals surface area contributed by atoms with Crippen molar-refractivity contribution in [1.82, 2.24) is 10.2 Å². The Balaban J connectivity index is 1.66. The summed E-state index contributed by atoms with van der Waals surface area (Å²) in [4.78, 5) is 14.1. The van der Waals surface area contributed by atoms with Crippen LogP contribution in [0.5, 0.6) is 0 Å². The van der Waals surface area contributed by atoms with E-state index < -0.39 is 0 Å². The highest BCUT2D eigenvalue weighted by Crippen LogP contribution is 2.46. The molecule has 4 heteroatoms. The number of carbonyl (C=O) groups is 1. The first kappa shape index (κ1) is 9.97. The first-order chi connectivity index (χ1) is 7.20. The highest BCUT2D eigenvalue weighted by molar-refractivity contribution is 8.00. The third-order valence-electron chi connectivity index (χ3n) is 4.23. The van der Waals surface area contributed by atoms with Crippen LogP contribution in [0.1, 0.15) is 32.1 Å². The van der Waals surface area contributed by atoms with Crippen molar-refractivity contribution in [3.8, 4) is 0 Å². The number of hydrogen-bond donors (Lipinski definition) is 1. The predicted molar refractivity (Wildman–Crippen MR) is 61.8 cm³/mol. The number of rotatable bonds is 3. The van der Waals surface area contributed by atoms with Gasteiger partial charge in [-0.25, -0.2) is 0 Å². The summed E-state index contributed by atoms with van der Waals surface area (Å²) in [5.74, 6) is 0.364. The number of nitrogens with one attached hydrogen (secondary N) is 1. The van der Waals surface area contributed by atoms with Gasteiger partial charge in [0.25, 0.3) is 0 Å². The average molecular weight is 226 g/mol. The van der Waals surface area contributed by atoms with Gasteiger partial charge in [-0.1, -0.05) is 6.42 Å². The summed E-state index contributed by atoms with van der Waals surface area (Å²) in [5, 5.41) is 3.37. The summed E-state index contributed by atoms with van der Waals surface area (Å²) < 4.78 is 0.387. The molecule has 0 radical (unpaired) electrons. The van der Waals surface area contributed by atoms with Crippen LogP contribution in [0.2, 0.25) is 0 Å². The number of carbonyl (C=O) groups excluding carboxylic acids is 1. The van der Waals surface area contributed by atoms with Gasteiger partial charge in [0.15, 0.2) is 0 Å². The first-order valence-electron chi connectivity index (χ1n) is 5.79. The molecule has 0 bridgehead atoms. The molecule has 0 unspecified atom stereocenters. The first-order valence-corrected chi connectivity index (χ1v) is 7.02. The Hall–Kier alpha value is -0.220. The quantitative estimate of drug-likeness (QED) is 0.784. The van der Waals surface area contributed by atoms with Crippen LogP contribution in [0.25, 0.3) is 0 Å². The molecule has 2 aliphatic carbocycles. The van der Waals surface area contributed by atoms with Gasteiger partial charge in [-0.05, 0) is 31.9 Å². The van der Waals surface area contributed by atoms with Crippen molar-refractivity contribution in [1.29, 1.82) is 0 Å². The summed E-state index contributed by atoms with van der Waals surface area (Å²) in [6, 6.07) is 0. The van der Waals surface area contributed by atoms with Gasteiger partial charge in [0, 0.05) is 11.3 Å². The maximum atomic E-state index is 12.1. The molecule has 1 heterocycles. The zero-order valence-corrected chi connectivity index (χ0v) is 10.0. The van der Waals surface area contributed by atoms with Crippen LogP contribution >= 0.6 is 11.8 Å². The second-order valence-corrected chi connectivity index (χ2v) is 6.44. The van der Waals surface area contributed by atoms with Gasteiger partial charge in [0.05, 0.1) is 12.2 Å². The van der Waals surface area contributed by atoms with E-state index in [9.17, 15) is 4.79 Å². The maximum Gasteiger partial charge on any atom is 0.244 e. The van der Waals surface area contributed by atoms with E-state index in [4.69, 9.17) is 0 Å². The summed E-state index contributed by atoms with van der Waals surface area (Å²) in [5.41, 5.74) is -0.108. The van der Waals surface area contributed by atoms with E-state index in [0.717, 1.165) is 26.1 Å². The molecule has 1 aliphatic heterocycles. The van der Waals surface area contributed by atoms with Crippen molar-refractivity contribution in [2.24, 2.45) is 0 Å². The Morgan fingerprint density at radius 2 is 2.13 bits per heavy atom. The van der Waals surface area contributed by atoms with Crippen LogP contribution in [-0.2, 0) is 4.79 Å². The third kappa shape index (κ3) is 1.41. The molecule has 3 fully saturated rings. The van der Waals surface area contributed by atoms with Crippen LogP contribution in [-0.4, -0.2) is 40.6 Å². The number of amides is 1. The molecule has 0 aromatic carbocycles. The molecule has 0 aromatic heterocycles. The zero-order chi connectivity index (χ0) is 10.5. The zero-order valence-electron chi connectivity index (χ0n) is 9.21. The minimum absolute atomic E-state index is 0.108. The molecule has 2 saturated carbocycles. The van der Waals surface area contributed by atoms with Crippen molar-refractivity contribution in [2.45, 2.75) is 42.4 Å². The highest BCUT2D eigenvalue weighted by atomic mass is 32.2. The van der Waals surface area contributed by atoms with E-state index in [2.05, 4.69) is 11.6 Å². The van der Waals surface area contributed by atoms with Gasteiger partial charge in [-0.3, -0.25) is 10.1 Å². The third-order valence-corrected chi connectivity index (χ3v) is 5.64. The molecule has 84 valence electrons. The molecule has 1 saturated heterocycles. The topological polar surface area (TPSA) is 32.3 Å². The van der Waals surface area contributed by atoms with Crippen molar-refractivity contribution >= 4 is 17.7 Å². The minimum atomic E-state index is -0.108. The van der Waals surface area contributed by atoms with Crippen LogP contribution < -0.4 is 5.32 Å². The van der Waals surface area contributed by atoms with Gasteiger partial charge < -0.3 is 4.90 Å². The molecule has 1 N–H and O–H groups in total. The summed E-state index contributed by atoms with van der Waals surface area (Å²) in [7, 11) is 0. The summed E-state index contributed by atoms with van der Waals surface area (Å²) in [6.45, 7) is 1.74. The second-order valence-electron chi connectivity index (χ2n) is 5.16. The standard InChI is InChI=1S/C11H18N2OS/c1-15-10(3-2-4-10)7-13-8-12-11(5-6-11)9(13)14/h12H,2-8H2,1H3. The summed E-state index contributed by atoms with van der Waals surface area (Å²) >= 11 is 1.95. The Labute approximate surface area is 95.0 Å². The Kier molecular flexibility index (Phi) is 2.09. The van der Waals surface area contributed by atoms with Gasteiger partial charge in [0.2, 0.25) is 5.91 Å². The normalized spacial score (nSPS) is 30.7. The van der Waals surface area contributed by atoms with Crippen LogP contribution in [0, 0.1) is 0 Å². The lowest BCUT2D eigenvalue weighted by Gasteiger charge is -2.42. The molecule has 3 nitrogen and oxygen atoms in total. The Bertz CT molecular complexity index is 291. The molecule has 0 aromatic rings. The molecule has 3 rings (SSSR count). The molecule has 1 amide bonds. The molecule has 0 atom stereocenters. The lowest BCUT2D eigenvalue weighted by atomic mass is 9.84. The smallest absolute Gasteiger partial charge is 0.244 e. The predicted octanol–water partition coefficient (Wildman–Crippen LogP) is 1.19. The monoisotopic (exact) mass is 226 g/mol. The van der Waals surface area contributed by atoms with Crippen molar-refractivity contribution in [3.05, 3.63) is 0 Å². The second kappa shape index (κ2) is 3.14. The van der Waals surface area contributed by atoms with Crippen molar-refractivity contribution in [2.75, 3.05) is 19.5 Å². The SMILES string of the molecule is CSC1(CN2CNC3(CC3)C2=O)CCC1. The molecule has 15 heavy (non-hydrogen) atoms. The van der Waals surface area contributed by atoms with Crippen LogP contribution in [0.4, 0.5) is 0 Å². The highest BCUT2D eigenvalue weighted by Gasteiger charge is 2.56. The number of thioether (sulfide) groups is 1. The maximum absolute atomic E-state index is 12.1. The molecule has 3 aliphatic rings. The van der Waals surface area contributed by atoms with Gasteiger partial charge in [-0.2, -0.15) is 11.8 Å². The molecule has 1 spiro atoms. The van der Waals surface area contributed by atoms with E-state index in [0.29, 0.717) is 10.7 Å². The van der Waals surface area contributed by atoms with E-state index >= 15 is 0 Å². The molecular formula is C11H18N2OS. The van der Waals surface area contributed by atoms with Gasteiger partial charge >= 0.3 is 0 Å². The van der Waals surface area contributed by atoms with Crippen molar-refractivity contribution in [3.63, 3.8) is 0 Å². The van der Waals surface area contributed by atoms with Crippen molar-refractivity contribution < 1.29 is 4.79 Å². The largest absolute Gasteiger partial charge is 0.327 e. The fraction of sp³-hybridized carbons (Fsp3) is 0.909. The Morgan fingerprint density at radius 3 is 2.53 bits per heavy atom. The number of hydrogen-bond acceptors (Lipinski definition) is 3. The Morgan fingerprint density at radius 1 is 1.40 bits per heavy atom. The fourth-order valence-electron chi connectivity index (χ4n) is 2.69. The molecular weight excluding hydrogens is 208 g/mol. The average Bonchev–Trinajstić information content (AvgIpc) is 2.90. The van der Waals surface area contributed by atoms with E-state index in [-0.39, 0.29) is 5.54 Å². The minimum Gasteiger partial charge on any atom is -0.327 e. The summed E-state index contributed by atoms with van der Waals surface area (Å²) in [6.07, 6.45) is 8.18. The van der Waals surface area contributed by atoms with E-state index in [1.54, 1.807) is 0 Å². The van der Waals surface area contributed by atoms with Crippen LogP contribution in [0.15, 0.2) is 0 Å². The van der Waals surface area contributed by atoms with Gasteiger partial charge in [0.1, 0.15) is 0 Å². The number of nitrogens with zero attached hydrogens (tertiary/aromatic N) is 1. The van der Waals surface area contributed by atoms with Crippen LogP contribution in [0.3, 0.4) is 0 Å².